The van der Waals surface area contributed by atoms with Gasteiger partial charge in [0.25, 0.3) is 0 Å². The maximum atomic E-state index is 12.4. The molecule has 3 atom stereocenters. The third-order valence-electron chi connectivity index (χ3n) is 3.33. The number of benzene rings is 1. The number of esters is 1. The number of hydrogen-bond acceptors (Lipinski definition) is 4. The number of carbonyl (C=O) groups is 1. The molecular formula is C13H17NO4S. The quantitative estimate of drug-likeness (QED) is 0.617. The minimum atomic E-state index is -3.62. The molecule has 1 aromatic carbocycles. The summed E-state index contributed by atoms with van der Waals surface area (Å²) in [5.41, 5.74) is 0.987. The Balaban J connectivity index is 2.31. The third-order valence-corrected chi connectivity index (χ3v) is 5.25. The van der Waals surface area contributed by atoms with Crippen LogP contribution < -0.4 is 0 Å². The van der Waals surface area contributed by atoms with Gasteiger partial charge in [0.2, 0.25) is 10.0 Å². The van der Waals surface area contributed by atoms with E-state index >= 15 is 0 Å². The minimum absolute atomic E-state index is 0.211. The molecule has 0 radical (unpaired) electrons. The first kappa shape index (κ1) is 14.0. The summed E-state index contributed by atoms with van der Waals surface area (Å²) in [5.74, 6) is -0.498. The van der Waals surface area contributed by atoms with Crippen molar-refractivity contribution in [1.82, 2.24) is 4.31 Å². The van der Waals surface area contributed by atoms with Crippen molar-refractivity contribution in [3.8, 4) is 0 Å². The number of methoxy groups -OCH3 is 1. The lowest BCUT2D eigenvalue weighted by molar-refractivity contribution is -0.140. The summed E-state index contributed by atoms with van der Waals surface area (Å²) in [7, 11) is -2.35. The lowest BCUT2D eigenvalue weighted by Gasteiger charge is -2.06. The van der Waals surface area contributed by atoms with Crippen molar-refractivity contribution in [2.75, 3.05) is 7.11 Å². The Morgan fingerprint density at radius 1 is 1.32 bits per heavy atom. The number of rotatable bonds is 4. The number of aryl methyl sites for hydroxylation is 1. The lowest BCUT2D eigenvalue weighted by Crippen LogP contribution is -2.20. The fraction of sp³-hybridized carbons (Fsp3) is 0.462. The molecule has 0 saturated carbocycles. The predicted molar refractivity (Wildman–Crippen MR) is 70.1 cm³/mol. The molecule has 0 aliphatic carbocycles. The van der Waals surface area contributed by atoms with Gasteiger partial charge >= 0.3 is 5.97 Å². The summed E-state index contributed by atoms with van der Waals surface area (Å²) >= 11 is 0. The first-order valence-corrected chi connectivity index (χ1v) is 7.55. The molecule has 1 aliphatic heterocycles. The molecule has 1 saturated heterocycles. The summed E-state index contributed by atoms with van der Waals surface area (Å²) in [6.07, 6.45) is 0.588. The lowest BCUT2D eigenvalue weighted by atomic mass is 10.2. The molecular weight excluding hydrogens is 266 g/mol. The van der Waals surface area contributed by atoms with E-state index in [2.05, 4.69) is 4.74 Å². The highest BCUT2D eigenvalue weighted by molar-refractivity contribution is 7.89. The number of hydrogen-bond donors (Lipinski definition) is 0. The van der Waals surface area contributed by atoms with Crippen LogP contribution in [0, 0.1) is 6.92 Å². The van der Waals surface area contributed by atoms with Crippen molar-refractivity contribution in [3.05, 3.63) is 29.8 Å². The number of sulfonamides is 1. The molecule has 1 aromatic rings. The van der Waals surface area contributed by atoms with Crippen LogP contribution in [0.5, 0.6) is 0 Å². The predicted octanol–water partition coefficient (Wildman–Crippen LogP) is 1.32. The zero-order valence-corrected chi connectivity index (χ0v) is 12.0. The second-order valence-corrected chi connectivity index (χ2v) is 6.43. The highest BCUT2D eigenvalue weighted by Crippen LogP contribution is 2.38. The Kier molecular flexibility index (Phi) is 3.64. The average molecular weight is 283 g/mol. The molecule has 0 aromatic heterocycles. The molecule has 1 fully saturated rings. The van der Waals surface area contributed by atoms with Gasteiger partial charge in [-0.05, 0) is 25.5 Å². The first-order valence-electron chi connectivity index (χ1n) is 6.11. The average Bonchev–Trinajstić information content (AvgIpc) is 3.13. The van der Waals surface area contributed by atoms with Crippen LogP contribution in [0.15, 0.2) is 29.2 Å². The Bertz CT molecular complexity index is 579. The van der Waals surface area contributed by atoms with Crippen LogP contribution in [0.1, 0.15) is 18.9 Å². The Morgan fingerprint density at radius 2 is 1.89 bits per heavy atom. The molecule has 3 unspecified atom stereocenters. The summed E-state index contributed by atoms with van der Waals surface area (Å²) in [4.78, 5) is 11.8. The molecule has 0 spiro atoms. The van der Waals surface area contributed by atoms with Gasteiger partial charge in [-0.3, -0.25) is 4.79 Å². The fourth-order valence-corrected chi connectivity index (χ4v) is 4.02. The number of nitrogens with zero attached hydrogens (tertiary/aromatic N) is 1. The van der Waals surface area contributed by atoms with Gasteiger partial charge in [-0.15, -0.1) is 0 Å². The molecule has 6 heteroatoms. The standard InChI is InChI=1S/C13H17NO4S/c1-4-11-12(13(15)18-3)14(11)19(16,17)10-7-5-9(2)6-8-10/h5-8,11-12H,4H2,1-3H3. The number of ether oxygens (including phenoxy) is 1. The van der Waals surface area contributed by atoms with Crippen molar-refractivity contribution < 1.29 is 17.9 Å². The van der Waals surface area contributed by atoms with Crippen LogP contribution >= 0.6 is 0 Å². The third kappa shape index (κ3) is 2.37. The van der Waals surface area contributed by atoms with Gasteiger partial charge in [0, 0.05) is 0 Å². The van der Waals surface area contributed by atoms with Gasteiger partial charge in [-0.1, -0.05) is 24.6 Å². The van der Waals surface area contributed by atoms with E-state index in [9.17, 15) is 13.2 Å². The van der Waals surface area contributed by atoms with Gasteiger partial charge in [0.1, 0.15) is 6.04 Å². The smallest absolute Gasteiger partial charge is 0.325 e. The summed E-state index contributed by atoms with van der Waals surface area (Å²) in [6, 6.07) is 5.63. The summed E-state index contributed by atoms with van der Waals surface area (Å²) in [5, 5.41) is 0. The molecule has 19 heavy (non-hydrogen) atoms. The van der Waals surface area contributed by atoms with Gasteiger partial charge in [0.15, 0.2) is 0 Å². The van der Waals surface area contributed by atoms with Gasteiger partial charge in [0.05, 0.1) is 18.0 Å². The topological polar surface area (TPSA) is 63.5 Å². The van der Waals surface area contributed by atoms with Crippen LogP contribution in [0.4, 0.5) is 0 Å². The van der Waals surface area contributed by atoms with E-state index in [-0.39, 0.29) is 10.9 Å². The normalized spacial score (nSPS) is 25.9. The zero-order chi connectivity index (χ0) is 14.2. The Morgan fingerprint density at radius 3 is 2.37 bits per heavy atom. The SMILES string of the molecule is CCC1C(C(=O)OC)N1S(=O)(=O)c1ccc(C)cc1. The molecule has 5 nitrogen and oxygen atoms in total. The van der Waals surface area contributed by atoms with E-state index in [1.807, 2.05) is 13.8 Å². The maximum Gasteiger partial charge on any atom is 0.325 e. The molecule has 2 rings (SSSR count). The van der Waals surface area contributed by atoms with Crippen LogP contribution in [-0.4, -0.2) is 37.9 Å². The van der Waals surface area contributed by atoms with Crippen LogP contribution in [0.25, 0.3) is 0 Å². The second kappa shape index (κ2) is 4.94. The molecule has 104 valence electrons. The van der Waals surface area contributed by atoms with Crippen molar-refractivity contribution in [1.29, 1.82) is 0 Å². The van der Waals surface area contributed by atoms with Crippen LogP contribution in [0.3, 0.4) is 0 Å². The van der Waals surface area contributed by atoms with Crippen molar-refractivity contribution >= 4 is 16.0 Å². The molecule has 0 N–H and O–H groups in total. The van der Waals surface area contributed by atoms with Gasteiger partial charge in [-0.25, -0.2) is 8.42 Å². The van der Waals surface area contributed by atoms with E-state index in [1.54, 1.807) is 24.3 Å². The van der Waals surface area contributed by atoms with Crippen molar-refractivity contribution in [2.24, 2.45) is 0 Å². The molecule has 1 aliphatic rings. The van der Waals surface area contributed by atoms with Crippen LogP contribution in [-0.2, 0) is 19.6 Å². The van der Waals surface area contributed by atoms with Gasteiger partial charge < -0.3 is 4.74 Å². The maximum absolute atomic E-state index is 12.4. The monoisotopic (exact) mass is 283 g/mol. The first-order chi connectivity index (χ1) is 8.93. The zero-order valence-electron chi connectivity index (χ0n) is 11.2. The second-order valence-electron chi connectivity index (χ2n) is 4.59. The number of carbonyl (C=O) groups excluding carboxylic acids is 1. The van der Waals surface area contributed by atoms with E-state index in [4.69, 9.17) is 0 Å². The van der Waals surface area contributed by atoms with E-state index in [0.29, 0.717) is 6.42 Å². The van der Waals surface area contributed by atoms with E-state index in [1.165, 1.54) is 11.4 Å². The summed E-state index contributed by atoms with van der Waals surface area (Å²) in [6.45, 7) is 3.74. The minimum Gasteiger partial charge on any atom is -0.468 e. The highest BCUT2D eigenvalue weighted by atomic mass is 32.2. The molecule has 1 heterocycles. The molecule has 0 amide bonds. The van der Waals surface area contributed by atoms with Crippen molar-refractivity contribution in [3.63, 3.8) is 0 Å². The van der Waals surface area contributed by atoms with E-state index in [0.717, 1.165) is 5.56 Å². The van der Waals surface area contributed by atoms with Crippen molar-refractivity contribution in [2.45, 2.75) is 37.2 Å². The summed E-state index contributed by atoms with van der Waals surface area (Å²) < 4.78 is 30.7. The van der Waals surface area contributed by atoms with Crippen LogP contribution in [0.2, 0.25) is 0 Å². The Hall–Kier alpha value is -1.40. The fourth-order valence-electron chi connectivity index (χ4n) is 2.20. The highest BCUT2D eigenvalue weighted by Gasteiger charge is 2.59. The van der Waals surface area contributed by atoms with Gasteiger partial charge in [-0.2, -0.15) is 4.31 Å². The largest absolute Gasteiger partial charge is 0.468 e. The van der Waals surface area contributed by atoms with E-state index < -0.39 is 22.0 Å². The Labute approximate surface area is 113 Å². The molecule has 0 bridgehead atoms.